The fourth-order valence-corrected chi connectivity index (χ4v) is 1.13. The molecule has 64 valence electrons. The molecule has 0 aromatic carbocycles. The van der Waals surface area contributed by atoms with E-state index in [0.29, 0.717) is 18.2 Å². The molecule has 0 aliphatic heterocycles. The maximum absolute atomic E-state index is 10.3. The van der Waals surface area contributed by atoms with E-state index in [1.54, 1.807) is 0 Å². The number of carboxylic acid groups (broad SMARTS) is 1. The van der Waals surface area contributed by atoms with Gasteiger partial charge in [0, 0.05) is 17.3 Å². The smallest absolute Gasteiger partial charge is 0.330 e. The third kappa shape index (κ3) is 4.27. The molecule has 0 rings (SSSR count). The van der Waals surface area contributed by atoms with Gasteiger partial charge in [0.15, 0.2) is 0 Å². The molecule has 0 aromatic heterocycles. The third-order valence-corrected chi connectivity index (χ3v) is 2.15. The number of halogens is 2. The van der Waals surface area contributed by atoms with E-state index in [4.69, 9.17) is 28.3 Å². The zero-order chi connectivity index (χ0) is 8.85. The third-order valence-electron chi connectivity index (χ3n) is 1.27. The molecule has 0 bridgehead atoms. The first-order chi connectivity index (χ1) is 5.11. The molecule has 1 N–H and O–H groups in total. The molecule has 0 unspecified atom stereocenters. The first kappa shape index (κ1) is 10.8. The molecule has 4 heteroatoms. The summed E-state index contributed by atoms with van der Waals surface area (Å²) in [7, 11) is 0. The summed E-state index contributed by atoms with van der Waals surface area (Å²) in [6.45, 7) is 3.37. The Morgan fingerprint density at radius 2 is 1.91 bits per heavy atom. The van der Waals surface area contributed by atoms with Gasteiger partial charge in [-0.15, -0.1) is 23.2 Å². The number of carbonyl (C=O) groups is 1. The van der Waals surface area contributed by atoms with E-state index in [2.05, 4.69) is 6.58 Å². The lowest BCUT2D eigenvalue weighted by Gasteiger charge is -2.08. The minimum Gasteiger partial charge on any atom is -0.478 e. The summed E-state index contributed by atoms with van der Waals surface area (Å²) in [4.78, 5) is 10.3. The molecule has 0 atom stereocenters. The monoisotopic (exact) mass is 196 g/mol. The van der Waals surface area contributed by atoms with Crippen molar-refractivity contribution in [1.29, 1.82) is 0 Å². The van der Waals surface area contributed by atoms with Crippen LogP contribution in [0.15, 0.2) is 12.2 Å². The van der Waals surface area contributed by atoms with Crippen LogP contribution in [0.25, 0.3) is 0 Å². The molecule has 0 heterocycles. The van der Waals surface area contributed by atoms with Crippen LogP contribution in [0.2, 0.25) is 0 Å². The van der Waals surface area contributed by atoms with Crippen molar-refractivity contribution in [2.45, 2.75) is 6.42 Å². The van der Waals surface area contributed by atoms with Gasteiger partial charge in [-0.25, -0.2) is 4.79 Å². The maximum atomic E-state index is 10.3. The van der Waals surface area contributed by atoms with Crippen LogP contribution in [-0.4, -0.2) is 22.8 Å². The van der Waals surface area contributed by atoms with E-state index in [9.17, 15) is 4.79 Å². The van der Waals surface area contributed by atoms with E-state index in [0.717, 1.165) is 0 Å². The van der Waals surface area contributed by atoms with Crippen LogP contribution in [0.5, 0.6) is 0 Å². The SMILES string of the molecule is C=C(CC(CCl)CCl)C(=O)O. The van der Waals surface area contributed by atoms with Crippen molar-refractivity contribution < 1.29 is 9.90 Å². The number of hydrogen-bond donors (Lipinski definition) is 1. The lowest BCUT2D eigenvalue weighted by Crippen LogP contribution is -2.09. The first-order valence-corrected chi connectivity index (χ1v) is 4.21. The minimum atomic E-state index is -0.981. The molecule has 0 amide bonds. The van der Waals surface area contributed by atoms with E-state index < -0.39 is 5.97 Å². The van der Waals surface area contributed by atoms with Crippen molar-refractivity contribution >= 4 is 29.2 Å². The van der Waals surface area contributed by atoms with Crippen molar-refractivity contribution in [3.8, 4) is 0 Å². The van der Waals surface area contributed by atoms with Crippen LogP contribution in [0.4, 0.5) is 0 Å². The van der Waals surface area contributed by atoms with E-state index in [-0.39, 0.29) is 11.5 Å². The van der Waals surface area contributed by atoms with Crippen molar-refractivity contribution in [3.63, 3.8) is 0 Å². The van der Waals surface area contributed by atoms with E-state index in [1.807, 2.05) is 0 Å². The zero-order valence-corrected chi connectivity index (χ0v) is 7.53. The molecule has 0 aromatic rings. The Morgan fingerprint density at radius 3 is 2.18 bits per heavy atom. The Labute approximate surface area is 75.8 Å². The van der Waals surface area contributed by atoms with Crippen molar-refractivity contribution in [2.24, 2.45) is 5.92 Å². The Bertz CT molecular complexity index is 153. The van der Waals surface area contributed by atoms with Gasteiger partial charge in [0.2, 0.25) is 0 Å². The number of aliphatic carboxylic acids is 1. The predicted molar refractivity (Wildman–Crippen MR) is 46.3 cm³/mol. The zero-order valence-electron chi connectivity index (χ0n) is 6.02. The quantitative estimate of drug-likeness (QED) is 0.541. The molecule has 0 spiro atoms. The molecule has 0 radical (unpaired) electrons. The highest BCUT2D eigenvalue weighted by Crippen LogP contribution is 2.13. The lowest BCUT2D eigenvalue weighted by atomic mass is 10.0. The van der Waals surface area contributed by atoms with E-state index in [1.165, 1.54) is 0 Å². The van der Waals surface area contributed by atoms with Gasteiger partial charge in [-0.2, -0.15) is 0 Å². The molecular weight excluding hydrogens is 187 g/mol. The molecular formula is C7H10Cl2O2. The van der Waals surface area contributed by atoms with Crippen molar-refractivity contribution in [2.75, 3.05) is 11.8 Å². The molecule has 0 fully saturated rings. The van der Waals surface area contributed by atoms with Gasteiger partial charge in [0.25, 0.3) is 0 Å². The van der Waals surface area contributed by atoms with Crippen LogP contribution in [0.3, 0.4) is 0 Å². The van der Waals surface area contributed by atoms with Crippen LogP contribution >= 0.6 is 23.2 Å². The van der Waals surface area contributed by atoms with Gasteiger partial charge >= 0.3 is 5.97 Å². The minimum absolute atomic E-state index is 0.0157. The average molecular weight is 197 g/mol. The number of carboxylic acids is 1. The lowest BCUT2D eigenvalue weighted by molar-refractivity contribution is -0.132. The summed E-state index contributed by atoms with van der Waals surface area (Å²) in [5.74, 6) is -0.224. The highest BCUT2D eigenvalue weighted by molar-refractivity contribution is 6.20. The maximum Gasteiger partial charge on any atom is 0.330 e. The molecule has 0 aliphatic rings. The Kier molecular flexibility index (Phi) is 5.34. The highest BCUT2D eigenvalue weighted by atomic mass is 35.5. The second kappa shape index (κ2) is 5.44. The molecule has 2 nitrogen and oxygen atoms in total. The fourth-order valence-electron chi connectivity index (χ4n) is 0.586. The molecule has 11 heavy (non-hydrogen) atoms. The average Bonchev–Trinajstić information content (AvgIpc) is 1.99. The summed E-state index contributed by atoms with van der Waals surface area (Å²) in [5, 5.41) is 8.44. The number of hydrogen-bond acceptors (Lipinski definition) is 1. The van der Waals surface area contributed by atoms with Gasteiger partial charge < -0.3 is 5.11 Å². The molecule has 0 saturated carbocycles. The van der Waals surface area contributed by atoms with Crippen molar-refractivity contribution in [1.82, 2.24) is 0 Å². The standard InChI is InChI=1S/C7H10Cl2O2/c1-5(7(10)11)2-6(3-8)4-9/h6H,1-4H2,(H,10,11). The van der Waals surface area contributed by atoms with Gasteiger partial charge in [-0.1, -0.05) is 6.58 Å². The largest absolute Gasteiger partial charge is 0.478 e. The highest BCUT2D eigenvalue weighted by Gasteiger charge is 2.11. The molecule has 0 aliphatic carbocycles. The summed E-state index contributed by atoms with van der Waals surface area (Å²) in [5.41, 5.74) is 0.163. The second-order valence-corrected chi connectivity index (χ2v) is 2.90. The van der Waals surface area contributed by atoms with Crippen LogP contribution in [0, 0.1) is 5.92 Å². The summed E-state index contributed by atoms with van der Waals surface area (Å²) in [6, 6.07) is 0. The van der Waals surface area contributed by atoms with Crippen molar-refractivity contribution in [3.05, 3.63) is 12.2 Å². The predicted octanol–water partition coefficient (Wildman–Crippen LogP) is 2.11. The fraction of sp³-hybridized carbons (Fsp3) is 0.571. The normalized spacial score (nSPS) is 10.1. The summed E-state index contributed by atoms with van der Waals surface area (Å²) < 4.78 is 0. The van der Waals surface area contributed by atoms with Crippen LogP contribution in [-0.2, 0) is 4.79 Å². The van der Waals surface area contributed by atoms with Gasteiger partial charge in [0.05, 0.1) is 0 Å². The first-order valence-electron chi connectivity index (χ1n) is 3.14. The van der Waals surface area contributed by atoms with Gasteiger partial charge in [0.1, 0.15) is 0 Å². The van der Waals surface area contributed by atoms with Gasteiger partial charge in [-0.05, 0) is 12.3 Å². The Morgan fingerprint density at radius 1 is 1.45 bits per heavy atom. The summed E-state index contributed by atoms with van der Waals surface area (Å²) >= 11 is 11.0. The second-order valence-electron chi connectivity index (χ2n) is 2.29. The molecule has 0 saturated heterocycles. The van der Waals surface area contributed by atoms with Crippen LogP contribution < -0.4 is 0 Å². The summed E-state index contributed by atoms with van der Waals surface area (Å²) in [6.07, 6.45) is 0.363. The van der Waals surface area contributed by atoms with E-state index >= 15 is 0 Å². The van der Waals surface area contributed by atoms with Gasteiger partial charge in [-0.3, -0.25) is 0 Å². The van der Waals surface area contributed by atoms with Crippen LogP contribution in [0.1, 0.15) is 6.42 Å². The Balaban J connectivity index is 3.81. The Hall–Kier alpha value is -0.210. The number of rotatable bonds is 5. The topological polar surface area (TPSA) is 37.3 Å². The number of alkyl halides is 2.